The average Bonchev–Trinajstić information content (AvgIpc) is 2.87. The molecule has 0 spiro atoms. The average molecular weight is 238 g/mol. The molecular formula is C15H30N2. The third-order valence-corrected chi connectivity index (χ3v) is 4.98. The van der Waals surface area contributed by atoms with Gasteiger partial charge in [-0.05, 0) is 51.0 Å². The summed E-state index contributed by atoms with van der Waals surface area (Å²) in [6.07, 6.45) is 6.09. The van der Waals surface area contributed by atoms with E-state index in [-0.39, 0.29) is 0 Å². The molecule has 0 aromatic heterocycles. The van der Waals surface area contributed by atoms with Crippen molar-refractivity contribution in [2.45, 2.75) is 58.5 Å². The number of rotatable bonds is 6. The van der Waals surface area contributed by atoms with Crippen LogP contribution < -0.4 is 5.32 Å². The molecule has 17 heavy (non-hydrogen) atoms. The standard InChI is InChI=1S/C15H30N2/c1-11(2)16-9-12(3)17(4)10-15-8-13-5-6-14(15)7-13/h11-16H,5-10H2,1-4H3. The highest BCUT2D eigenvalue weighted by Gasteiger charge is 2.39. The van der Waals surface area contributed by atoms with Gasteiger partial charge in [0.15, 0.2) is 0 Å². The second-order valence-corrected chi connectivity index (χ2v) is 6.79. The molecule has 2 rings (SSSR count). The lowest BCUT2D eigenvalue weighted by molar-refractivity contribution is 0.177. The molecule has 2 nitrogen and oxygen atoms in total. The van der Waals surface area contributed by atoms with Gasteiger partial charge in [-0.1, -0.05) is 20.3 Å². The Kier molecular flexibility index (Phi) is 4.48. The van der Waals surface area contributed by atoms with Gasteiger partial charge in [0, 0.05) is 25.2 Å². The van der Waals surface area contributed by atoms with Gasteiger partial charge in [0.25, 0.3) is 0 Å². The van der Waals surface area contributed by atoms with Gasteiger partial charge in [-0.2, -0.15) is 0 Å². The van der Waals surface area contributed by atoms with E-state index < -0.39 is 0 Å². The van der Waals surface area contributed by atoms with E-state index in [9.17, 15) is 0 Å². The summed E-state index contributed by atoms with van der Waals surface area (Å²) in [5.74, 6) is 3.15. The molecule has 0 aromatic carbocycles. The molecule has 0 saturated heterocycles. The number of fused-ring (bicyclic) bond motifs is 2. The maximum absolute atomic E-state index is 3.54. The molecule has 1 N–H and O–H groups in total. The Bertz CT molecular complexity index is 239. The normalized spacial score (nSPS) is 33.9. The summed E-state index contributed by atoms with van der Waals surface area (Å²) in [6, 6.07) is 1.27. The zero-order valence-electron chi connectivity index (χ0n) is 12.1. The van der Waals surface area contributed by atoms with Crippen LogP contribution in [-0.4, -0.2) is 37.1 Å². The molecule has 0 heterocycles. The fraction of sp³-hybridized carbons (Fsp3) is 1.00. The predicted octanol–water partition coefficient (Wildman–Crippen LogP) is 2.74. The van der Waals surface area contributed by atoms with Gasteiger partial charge in [0.2, 0.25) is 0 Å². The molecule has 0 aliphatic heterocycles. The second kappa shape index (κ2) is 5.71. The van der Waals surface area contributed by atoms with Gasteiger partial charge in [-0.3, -0.25) is 0 Å². The highest BCUT2D eigenvalue weighted by atomic mass is 15.1. The minimum atomic E-state index is 0.605. The van der Waals surface area contributed by atoms with Crippen LogP contribution in [-0.2, 0) is 0 Å². The molecule has 100 valence electrons. The number of nitrogens with one attached hydrogen (secondary N) is 1. The topological polar surface area (TPSA) is 15.3 Å². The molecule has 2 aliphatic carbocycles. The highest BCUT2D eigenvalue weighted by molar-refractivity contribution is 4.91. The van der Waals surface area contributed by atoms with Crippen molar-refractivity contribution in [3.8, 4) is 0 Å². The van der Waals surface area contributed by atoms with E-state index in [0.717, 1.165) is 24.3 Å². The summed E-state index contributed by atoms with van der Waals surface area (Å²) < 4.78 is 0. The van der Waals surface area contributed by atoms with Crippen molar-refractivity contribution in [2.75, 3.05) is 20.1 Å². The molecule has 2 bridgehead atoms. The third-order valence-electron chi connectivity index (χ3n) is 4.98. The lowest BCUT2D eigenvalue weighted by atomic mass is 9.88. The monoisotopic (exact) mass is 238 g/mol. The Hall–Kier alpha value is -0.0800. The van der Waals surface area contributed by atoms with Crippen molar-refractivity contribution in [3.63, 3.8) is 0 Å². The van der Waals surface area contributed by atoms with Gasteiger partial charge in [-0.25, -0.2) is 0 Å². The van der Waals surface area contributed by atoms with E-state index in [1.54, 1.807) is 0 Å². The fourth-order valence-electron chi connectivity index (χ4n) is 3.71. The summed E-state index contributed by atoms with van der Waals surface area (Å²) in [5.41, 5.74) is 0. The van der Waals surface area contributed by atoms with E-state index in [1.807, 2.05) is 0 Å². The van der Waals surface area contributed by atoms with Gasteiger partial charge in [-0.15, -0.1) is 0 Å². The Labute approximate surface area is 107 Å². The van der Waals surface area contributed by atoms with E-state index in [0.29, 0.717) is 12.1 Å². The Morgan fingerprint density at radius 3 is 2.47 bits per heavy atom. The van der Waals surface area contributed by atoms with Crippen LogP contribution in [0.2, 0.25) is 0 Å². The van der Waals surface area contributed by atoms with Crippen LogP contribution in [0.4, 0.5) is 0 Å². The van der Waals surface area contributed by atoms with E-state index >= 15 is 0 Å². The first-order valence-corrected chi connectivity index (χ1v) is 7.50. The Morgan fingerprint density at radius 2 is 1.94 bits per heavy atom. The molecule has 0 radical (unpaired) electrons. The number of hydrogen-bond donors (Lipinski definition) is 1. The number of hydrogen-bond acceptors (Lipinski definition) is 2. The van der Waals surface area contributed by atoms with Gasteiger partial charge in [0.1, 0.15) is 0 Å². The SMILES string of the molecule is CC(C)NCC(C)N(C)CC1CC2CCC1C2. The van der Waals surface area contributed by atoms with E-state index in [4.69, 9.17) is 0 Å². The predicted molar refractivity (Wildman–Crippen MR) is 74.2 cm³/mol. The van der Waals surface area contributed by atoms with Gasteiger partial charge < -0.3 is 10.2 Å². The molecule has 2 aliphatic rings. The van der Waals surface area contributed by atoms with E-state index in [2.05, 4.69) is 38.0 Å². The van der Waals surface area contributed by atoms with Gasteiger partial charge in [0.05, 0.1) is 0 Å². The maximum atomic E-state index is 3.54. The van der Waals surface area contributed by atoms with Crippen LogP contribution in [0.25, 0.3) is 0 Å². The van der Waals surface area contributed by atoms with Crippen molar-refractivity contribution >= 4 is 0 Å². The molecule has 0 amide bonds. The van der Waals surface area contributed by atoms with Crippen LogP contribution >= 0.6 is 0 Å². The summed E-state index contributed by atoms with van der Waals surface area (Å²) in [5, 5.41) is 3.54. The summed E-state index contributed by atoms with van der Waals surface area (Å²) in [7, 11) is 2.30. The summed E-state index contributed by atoms with van der Waals surface area (Å²) >= 11 is 0. The minimum absolute atomic E-state index is 0.605. The lowest BCUT2D eigenvalue weighted by Gasteiger charge is -2.31. The van der Waals surface area contributed by atoms with Crippen LogP contribution in [0, 0.1) is 17.8 Å². The highest BCUT2D eigenvalue weighted by Crippen LogP contribution is 2.48. The van der Waals surface area contributed by atoms with Crippen molar-refractivity contribution in [2.24, 2.45) is 17.8 Å². The first-order chi connectivity index (χ1) is 8.06. The smallest absolute Gasteiger partial charge is 0.0189 e. The van der Waals surface area contributed by atoms with Crippen LogP contribution in [0.5, 0.6) is 0 Å². The Balaban J connectivity index is 1.71. The Morgan fingerprint density at radius 1 is 1.18 bits per heavy atom. The molecule has 4 unspecified atom stereocenters. The van der Waals surface area contributed by atoms with Crippen LogP contribution in [0.15, 0.2) is 0 Å². The molecular weight excluding hydrogens is 208 g/mol. The van der Waals surface area contributed by atoms with Crippen LogP contribution in [0.3, 0.4) is 0 Å². The van der Waals surface area contributed by atoms with Crippen molar-refractivity contribution < 1.29 is 0 Å². The quantitative estimate of drug-likeness (QED) is 0.765. The largest absolute Gasteiger partial charge is 0.313 e. The zero-order chi connectivity index (χ0) is 12.4. The van der Waals surface area contributed by atoms with Crippen molar-refractivity contribution in [1.82, 2.24) is 10.2 Å². The van der Waals surface area contributed by atoms with Gasteiger partial charge >= 0.3 is 0 Å². The summed E-state index contributed by atoms with van der Waals surface area (Å²) in [4.78, 5) is 2.57. The number of likely N-dealkylation sites (N-methyl/N-ethyl adjacent to an activating group) is 1. The molecule has 2 heteroatoms. The maximum Gasteiger partial charge on any atom is 0.0189 e. The molecule has 4 atom stereocenters. The first kappa shape index (κ1) is 13.4. The minimum Gasteiger partial charge on any atom is -0.313 e. The molecule has 2 saturated carbocycles. The second-order valence-electron chi connectivity index (χ2n) is 6.79. The molecule has 0 aromatic rings. The van der Waals surface area contributed by atoms with Crippen molar-refractivity contribution in [3.05, 3.63) is 0 Å². The first-order valence-electron chi connectivity index (χ1n) is 7.50. The third kappa shape index (κ3) is 3.45. The van der Waals surface area contributed by atoms with E-state index in [1.165, 1.54) is 32.2 Å². The number of nitrogens with zero attached hydrogens (tertiary/aromatic N) is 1. The fourth-order valence-corrected chi connectivity index (χ4v) is 3.71. The summed E-state index contributed by atoms with van der Waals surface area (Å²) in [6.45, 7) is 9.24. The van der Waals surface area contributed by atoms with Crippen LogP contribution in [0.1, 0.15) is 46.5 Å². The molecule has 2 fully saturated rings. The van der Waals surface area contributed by atoms with Crippen molar-refractivity contribution in [1.29, 1.82) is 0 Å². The lowest BCUT2D eigenvalue weighted by Crippen LogP contribution is -2.42. The zero-order valence-corrected chi connectivity index (χ0v) is 12.1.